The van der Waals surface area contributed by atoms with Crippen molar-refractivity contribution in [2.24, 2.45) is 17.1 Å². The Morgan fingerprint density at radius 2 is 2.00 bits per heavy atom. The molecule has 1 saturated heterocycles. The maximum atomic E-state index is 13.0. The van der Waals surface area contributed by atoms with Gasteiger partial charge in [0.2, 0.25) is 5.90 Å². The largest absolute Gasteiger partial charge is 0.478 e. The van der Waals surface area contributed by atoms with Crippen molar-refractivity contribution in [2.45, 2.75) is 69.6 Å². The minimum absolute atomic E-state index is 0.108. The maximum Gasteiger partial charge on any atom is 0.394 e. The Balaban J connectivity index is 1.29. The van der Waals surface area contributed by atoms with Gasteiger partial charge in [0.1, 0.15) is 17.5 Å². The van der Waals surface area contributed by atoms with Crippen LogP contribution >= 0.6 is 12.6 Å². The topological polar surface area (TPSA) is 129 Å². The molecule has 9 nitrogen and oxygen atoms in total. The number of carbonyl (C=O) groups is 1. The highest BCUT2D eigenvalue weighted by molar-refractivity contribution is 7.80. The summed E-state index contributed by atoms with van der Waals surface area (Å²) in [5, 5.41) is 14.9. The summed E-state index contributed by atoms with van der Waals surface area (Å²) in [6.07, 6.45) is 1.45. The fraction of sp³-hybridized carbons (Fsp3) is 0.517. The van der Waals surface area contributed by atoms with Crippen molar-refractivity contribution in [1.29, 1.82) is 5.41 Å². The number of nitrogens with two attached hydrogens (primary N) is 1. The minimum Gasteiger partial charge on any atom is -0.478 e. The number of ether oxygens (including phenoxy) is 1. The molecule has 5 N–H and O–H groups in total. The number of rotatable bonds is 13. The van der Waals surface area contributed by atoms with Gasteiger partial charge in [-0.05, 0) is 82.1 Å². The first kappa shape index (κ1) is 31.5. The van der Waals surface area contributed by atoms with Crippen molar-refractivity contribution in [3.8, 4) is 0 Å². The quantitative estimate of drug-likeness (QED) is 0.0828. The number of thiol groups is 1. The Hall–Kier alpha value is -3.48. The summed E-state index contributed by atoms with van der Waals surface area (Å²) in [7, 11) is 0. The van der Waals surface area contributed by atoms with E-state index in [0.717, 1.165) is 43.7 Å². The number of alkyl halides is 3. The second-order valence-corrected chi connectivity index (χ2v) is 11.6. The van der Waals surface area contributed by atoms with E-state index in [1.54, 1.807) is 12.1 Å². The molecule has 2 unspecified atom stereocenters. The van der Waals surface area contributed by atoms with Crippen LogP contribution < -0.4 is 21.3 Å². The third kappa shape index (κ3) is 7.87. The highest BCUT2D eigenvalue weighted by Crippen LogP contribution is 2.59. The minimum atomic E-state index is -4.24. The number of aromatic nitrogens is 2. The molecule has 2 aromatic rings. The van der Waals surface area contributed by atoms with Gasteiger partial charge in [0.05, 0.1) is 22.6 Å². The molecule has 2 fully saturated rings. The zero-order valence-corrected chi connectivity index (χ0v) is 24.7. The summed E-state index contributed by atoms with van der Waals surface area (Å²) in [4.78, 5) is 23.4. The van der Waals surface area contributed by atoms with Crippen LogP contribution in [0.15, 0.2) is 41.6 Å². The Morgan fingerprint density at radius 1 is 1.26 bits per heavy atom. The molecule has 2 aromatic heterocycles. The molecule has 13 heteroatoms. The Bertz CT molecular complexity index is 1320. The number of anilines is 3. The number of halogens is 3. The van der Waals surface area contributed by atoms with Gasteiger partial charge in [0.25, 0.3) is 5.91 Å². The van der Waals surface area contributed by atoms with E-state index in [-0.39, 0.29) is 37.8 Å². The van der Waals surface area contributed by atoms with E-state index in [9.17, 15) is 18.0 Å². The predicted octanol–water partition coefficient (Wildman–Crippen LogP) is 5.93. The molecular formula is C29H38F3N7O2S. The van der Waals surface area contributed by atoms with Crippen LogP contribution in [0.1, 0.15) is 61.4 Å². The van der Waals surface area contributed by atoms with Crippen LogP contribution in [0.25, 0.3) is 0 Å². The summed E-state index contributed by atoms with van der Waals surface area (Å²) in [5.41, 5.74) is 5.35. The number of hydrogen-bond acceptors (Lipinski definition) is 9. The van der Waals surface area contributed by atoms with Crippen LogP contribution in [-0.2, 0) is 4.74 Å². The lowest BCUT2D eigenvalue weighted by Crippen LogP contribution is -2.30. The first-order valence-corrected chi connectivity index (χ1v) is 14.5. The SMILES string of the molecule is Cc1ccc(NCCCC2CC(C)N(c3nc(N/C=C\C(=N)OCCC4(C(F)(F)F)CC4)ccc3C(N)=O)C2)nc1S. The van der Waals surface area contributed by atoms with E-state index in [2.05, 4.69) is 45.1 Å². The summed E-state index contributed by atoms with van der Waals surface area (Å²) >= 11 is 4.38. The van der Waals surface area contributed by atoms with E-state index in [1.807, 2.05) is 19.1 Å². The molecule has 3 heterocycles. The predicted molar refractivity (Wildman–Crippen MR) is 160 cm³/mol. The molecule has 1 aliphatic carbocycles. The fourth-order valence-electron chi connectivity index (χ4n) is 5.24. The molecule has 2 atom stereocenters. The third-order valence-electron chi connectivity index (χ3n) is 8.00. The van der Waals surface area contributed by atoms with E-state index >= 15 is 0 Å². The van der Waals surface area contributed by atoms with Crippen molar-refractivity contribution in [3.63, 3.8) is 0 Å². The number of amides is 1. The molecule has 4 rings (SSSR count). The molecule has 0 radical (unpaired) electrons. The lowest BCUT2D eigenvalue weighted by atomic mass is 10.0. The van der Waals surface area contributed by atoms with Crippen LogP contribution in [0.5, 0.6) is 0 Å². The number of pyridine rings is 2. The summed E-state index contributed by atoms with van der Waals surface area (Å²) < 4.78 is 44.3. The van der Waals surface area contributed by atoms with Crippen molar-refractivity contribution in [1.82, 2.24) is 9.97 Å². The zero-order valence-electron chi connectivity index (χ0n) is 23.8. The van der Waals surface area contributed by atoms with Gasteiger partial charge in [0.15, 0.2) is 0 Å². The molecule has 42 heavy (non-hydrogen) atoms. The van der Waals surface area contributed by atoms with Gasteiger partial charge in [-0.25, -0.2) is 9.97 Å². The Morgan fingerprint density at radius 3 is 2.67 bits per heavy atom. The van der Waals surface area contributed by atoms with Gasteiger partial charge in [-0.3, -0.25) is 10.2 Å². The normalized spacial score (nSPS) is 19.6. The fourth-order valence-corrected chi connectivity index (χ4v) is 5.43. The zero-order chi connectivity index (χ0) is 30.5. The lowest BCUT2D eigenvalue weighted by molar-refractivity contribution is -0.190. The van der Waals surface area contributed by atoms with Crippen LogP contribution in [-0.4, -0.2) is 53.7 Å². The molecule has 0 spiro atoms. The summed E-state index contributed by atoms with van der Waals surface area (Å²) in [6.45, 7) is 5.40. The number of primary amides is 1. The monoisotopic (exact) mass is 605 g/mol. The van der Waals surface area contributed by atoms with E-state index in [1.165, 1.54) is 12.3 Å². The van der Waals surface area contributed by atoms with Gasteiger partial charge in [-0.15, -0.1) is 12.6 Å². The average Bonchev–Trinajstić information content (AvgIpc) is 3.64. The highest BCUT2D eigenvalue weighted by atomic mass is 32.1. The van der Waals surface area contributed by atoms with Crippen LogP contribution in [0, 0.1) is 23.7 Å². The van der Waals surface area contributed by atoms with Crippen molar-refractivity contribution in [2.75, 3.05) is 35.2 Å². The number of nitrogens with one attached hydrogen (secondary N) is 3. The smallest absolute Gasteiger partial charge is 0.394 e. The van der Waals surface area contributed by atoms with Crippen LogP contribution in [0.2, 0.25) is 0 Å². The Kier molecular flexibility index (Phi) is 9.90. The van der Waals surface area contributed by atoms with E-state index in [0.29, 0.717) is 28.1 Å². The molecule has 2 aliphatic rings. The van der Waals surface area contributed by atoms with E-state index < -0.39 is 17.5 Å². The first-order valence-electron chi connectivity index (χ1n) is 14.1. The van der Waals surface area contributed by atoms with Crippen LogP contribution in [0.4, 0.5) is 30.6 Å². The molecule has 1 amide bonds. The van der Waals surface area contributed by atoms with Gasteiger partial charge >= 0.3 is 6.18 Å². The molecule has 1 saturated carbocycles. The second kappa shape index (κ2) is 13.2. The molecule has 0 bridgehead atoms. The Labute approximate surface area is 249 Å². The number of nitrogens with zero attached hydrogens (tertiary/aromatic N) is 3. The standard InChI is InChI=1S/C29H38F3N7O2S/c1-18-5-7-24(38-27(18)42)35-13-3-4-20-16-19(2)39(17-20)26-21(25(34)40)6-8-23(37-26)36-14-9-22(33)41-15-12-28(10-11-28)29(30,31)32/h5-9,14,19-20,33H,3-4,10-13,15-17H2,1-2H3,(H2,34,40)(H,36,37)(H2,35,38,42)/b14-9-,33-22?. The van der Waals surface area contributed by atoms with Gasteiger partial charge in [0, 0.05) is 31.4 Å². The second-order valence-electron chi connectivity index (χ2n) is 11.2. The molecule has 0 aromatic carbocycles. The molecule has 228 valence electrons. The number of carbonyl (C=O) groups excluding carboxylic acids is 1. The van der Waals surface area contributed by atoms with Gasteiger partial charge in [-0.2, -0.15) is 13.2 Å². The number of aryl methyl sites for hydroxylation is 1. The van der Waals surface area contributed by atoms with Gasteiger partial charge < -0.3 is 26.0 Å². The molecule has 1 aliphatic heterocycles. The van der Waals surface area contributed by atoms with Crippen molar-refractivity contribution in [3.05, 3.63) is 47.7 Å². The maximum absolute atomic E-state index is 13.0. The summed E-state index contributed by atoms with van der Waals surface area (Å²) in [6, 6.07) is 7.30. The number of hydrogen-bond donors (Lipinski definition) is 5. The third-order valence-corrected chi connectivity index (χ3v) is 8.45. The molecular weight excluding hydrogens is 567 g/mol. The van der Waals surface area contributed by atoms with Crippen molar-refractivity contribution >= 4 is 41.9 Å². The lowest BCUT2D eigenvalue weighted by Gasteiger charge is -2.25. The first-order chi connectivity index (χ1) is 19.9. The van der Waals surface area contributed by atoms with E-state index in [4.69, 9.17) is 15.9 Å². The summed E-state index contributed by atoms with van der Waals surface area (Å²) in [5.74, 6) is 1.31. The highest BCUT2D eigenvalue weighted by Gasteiger charge is 2.62. The average molecular weight is 606 g/mol. The van der Waals surface area contributed by atoms with Gasteiger partial charge in [-0.1, -0.05) is 6.07 Å². The van der Waals surface area contributed by atoms with Crippen molar-refractivity contribution < 1.29 is 22.7 Å². The van der Waals surface area contributed by atoms with Crippen LogP contribution in [0.3, 0.4) is 0 Å².